The summed E-state index contributed by atoms with van der Waals surface area (Å²) < 4.78 is 1.88. The number of likely N-dealkylation sites (tertiary alicyclic amines) is 1. The predicted molar refractivity (Wildman–Crippen MR) is 68.6 cm³/mol. The summed E-state index contributed by atoms with van der Waals surface area (Å²) in [6, 6.07) is 1.86. The van der Waals surface area contributed by atoms with Gasteiger partial charge in [0.2, 0.25) is 5.78 Å². The number of imidazole rings is 1. The Morgan fingerprint density at radius 2 is 2.42 bits per heavy atom. The molecule has 0 aromatic carbocycles. The molecule has 0 radical (unpaired) electrons. The van der Waals surface area contributed by atoms with E-state index in [9.17, 15) is 4.79 Å². The van der Waals surface area contributed by atoms with Crippen LogP contribution in [-0.4, -0.2) is 43.4 Å². The molecule has 0 bridgehead atoms. The summed E-state index contributed by atoms with van der Waals surface area (Å²) in [5.41, 5.74) is 0.935. The van der Waals surface area contributed by atoms with Gasteiger partial charge in [0, 0.05) is 31.7 Å². The lowest BCUT2D eigenvalue weighted by atomic mass is 9.98. The number of rotatable bonds is 3. The van der Waals surface area contributed by atoms with Crippen LogP contribution >= 0.6 is 0 Å². The van der Waals surface area contributed by atoms with Gasteiger partial charge in [-0.2, -0.15) is 0 Å². The summed E-state index contributed by atoms with van der Waals surface area (Å²) in [5.74, 6) is -0.255. The lowest BCUT2D eigenvalue weighted by Gasteiger charge is -2.29. The molecule has 1 unspecified atom stereocenters. The largest absolute Gasteiger partial charge is 0.481 e. The average molecular weight is 260 g/mol. The van der Waals surface area contributed by atoms with Crippen LogP contribution in [0.3, 0.4) is 0 Å². The van der Waals surface area contributed by atoms with Crippen LogP contribution in [0.5, 0.6) is 0 Å². The number of hydrogen-bond donors (Lipinski definition) is 1. The maximum absolute atomic E-state index is 11.0. The third-order valence-electron chi connectivity index (χ3n) is 3.53. The van der Waals surface area contributed by atoms with Crippen molar-refractivity contribution < 1.29 is 9.90 Å². The fourth-order valence-corrected chi connectivity index (χ4v) is 2.59. The number of carboxylic acids is 1. The van der Waals surface area contributed by atoms with Gasteiger partial charge >= 0.3 is 5.97 Å². The van der Waals surface area contributed by atoms with Crippen molar-refractivity contribution in [1.29, 1.82) is 0 Å². The van der Waals surface area contributed by atoms with E-state index in [1.165, 1.54) is 0 Å². The van der Waals surface area contributed by atoms with E-state index < -0.39 is 5.97 Å². The number of hydrogen-bond acceptors (Lipinski definition) is 4. The second-order valence-electron chi connectivity index (χ2n) is 4.97. The van der Waals surface area contributed by atoms with E-state index in [-0.39, 0.29) is 5.92 Å². The van der Waals surface area contributed by atoms with Crippen molar-refractivity contribution in [2.45, 2.75) is 19.4 Å². The minimum absolute atomic E-state index is 0.246. The van der Waals surface area contributed by atoms with Gasteiger partial charge in [0.05, 0.1) is 11.6 Å². The normalized spacial score (nSPS) is 20.7. The number of carboxylic acid groups (broad SMARTS) is 1. The van der Waals surface area contributed by atoms with Crippen LogP contribution in [0.1, 0.15) is 18.5 Å². The zero-order chi connectivity index (χ0) is 13.2. The predicted octanol–water partition coefficient (Wildman–Crippen LogP) is 1.03. The van der Waals surface area contributed by atoms with Crippen molar-refractivity contribution in [2.24, 2.45) is 5.92 Å². The molecule has 1 saturated heterocycles. The van der Waals surface area contributed by atoms with E-state index in [1.54, 1.807) is 6.20 Å². The Labute approximate surface area is 110 Å². The molecule has 1 fully saturated rings. The summed E-state index contributed by atoms with van der Waals surface area (Å²) in [5, 5.41) is 9.08. The average Bonchev–Trinajstić information content (AvgIpc) is 2.81. The van der Waals surface area contributed by atoms with E-state index in [2.05, 4.69) is 14.9 Å². The molecule has 6 nitrogen and oxygen atoms in total. The summed E-state index contributed by atoms with van der Waals surface area (Å²) in [4.78, 5) is 21.8. The summed E-state index contributed by atoms with van der Waals surface area (Å²) in [7, 11) is 0. The van der Waals surface area contributed by atoms with Crippen LogP contribution in [0.15, 0.2) is 24.7 Å². The first kappa shape index (κ1) is 12.1. The molecule has 1 aliphatic rings. The molecule has 100 valence electrons. The van der Waals surface area contributed by atoms with Crippen LogP contribution < -0.4 is 0 Å². The molecular formula is C13H16N4O2. The topological polar surface area (TPSA) is 70.7 Å². The monoisotopic (exact) mass is 260 g/mol. The van der Waals surface area contributed by atoms with E-state index in [1.807, 2.05) is 22.9 Å². The third kappa shape index (κ3) is 2.58. The van der Waals surface area contributed by atoms with E-state index in [4.69, 9.17) is 5.11 Å². The summed E-state index contributed by atoms with van der Waals surface area (Å²) in [6.45, 7) is 2.23. The van der Waals surface area contributed by atoms with Gasteiger partial charge in [-0.15, -0.1) is 0 Å². The standard InChI is InChI=1S/C13H16N4O2/c18-12(19)10-3-1-5-16(7-10)8-11-9-17-6-2-4-14-13(17)15-11/h2,4,6,9-10H,1,3,5,7-8H2,(H,18,19). The molecule has 3 rings (SSSR count). The maximum Gasteiger partial charge on any atom is 0.307 e. The second-order valence-corrected chi connectivity index (χ2v) is 4.97. The van der Waals surface area contributed by atoms with Gasteiger partial charge in [-0.25, -0.2) is 9.97 Å². The van der Waals surface area contributed by atoms with E-state index in [0.29, 0.717) is 18.9 Å². The van der Waals surface area contributed by atoms with Gasteiger partial charge in [-0.05, 0) is 25.5 Å². The molecule has 2 aromatic heterocycles. The van der Waals surface area contributed by atoms with E-state index >= 15 is 0 Å². The molecule has 19 heavy (non-hydrogen) atoms. The van der Waals surface area contributed by atoms with Gasteiger partial charge < -0.3 is 5.11 Å². The SMILES string of the molecule is O=C(O)C1CCCN(Cc2cn3cccnc3n2)C1. The highest BCUT2D eigenvalue weighted by atomic mass is 16.4. The number of aromatic nitrogens is 3. The number of aliphatic carboxylic acids is 1. The highest BCUT2D eigenvalue weighted by Gasteiger charge is 2.25. The zero-order valence-electron chi connectivity index (χ0n) is 10.6. The maximum atomic E-state index is 11.0. The Hall–Kier alpha value is -1.95. The zero-order valence-corrected chi connectivity index (χ0v) is 10.6. The highest BCUT2D eigenvalue weighted by molar-refractivity contribution is 5.70. The van der Waals surface area contributed by atoms with Crippen molar-refractivity contribution in [1.82, 2.24) is 19.3 Å². The molecule has 1 atom stereocenters. The molecule has 1 aliphatic heterocycles. The van der Waals surface area contributed by atoms with Crippen molar-refractivity contribution in [3.05, 3.63) is 30.4 Å². The van der Waals surface area contributed by atoms with Crippen LogP contribution in [0, 0.1) is 5.92 Å². The molecule has 1 N–H and O–H groups in total. The number of fused-ring (bicyclic) bond motifs is 1. The Morgan fingerprint density at radius 1 is 1.53 bits per heavy atom. The Morgan fingerprint density at radius 3 is 3.21 bits per heavy atom. The van der Waals surface area contributed by atoms with Gasteiger partial charge in [0.25, 0.3) is 0 Å². The van der Waals surface area contributed by atoms with Gasteiger partial charge in [0.1, 0.15) is 0 Å². The lowest BCUT2D eigenvalue weighted by Crippen LogP contribution is -2.38. The van der Waals surface area contributed by atoms with Gasteiger partial charge in [-0.1, -0.05) is 0 Å². The molecule has 3 heterocycles. The number of carbonyl (C=O) groups is 1. The first-order valence-corrected chi connectivity index (χ1v) is 6.46. The number of nitrogens with zero attached hydrogens (tertiary/aromatic N) is 4. The molecular weight excluding hydrogens is 244 g/mol. The Kier molecular flexibility index (Phi) is 3.16. The molecule has 6 heteroatoms. The highest BCUT2D eigenvalue weighted by Crippen LogP contribution is 2.18. The molecule has 0 aliphatic carbocycles. The minimum Gasteiger partial charge on any atom is -0.481 e. The smallest absolute Gasteiger partial charge is 0.307 e. The van der Waals surface area contributed by atoms with Gasteiger partial charge in [-0.3, -0.25) is 14.1 Å². The summed E-state index contributed by atoms with van der Waals surface area (Å²) >= 11 is 0. The molecule has 0 spiro atoms. The first-order valence-electron chi connectivity index (χ1n) is 6.46. The second kappa shape index (κ2) is 4.97. The quantitative estimate of drug-likeness (QED) is 0.892. The van der Waals surface area contributed by atoms with Crippen LogP contribution in [0.25, 0.3) is 5.78 Å². The Bertz CT molecular complexity index is 562. The van der Waals surface area contributed by atoms with Crippen LogP contribution in [0.2, 0.25) is 0 Å². The fourth-order valence-electron chi connectivity index (χ4n) is 2.59. The molecule has 0 saturated carbocycles. The van der Waals surface area contributed by atoms with Gasteiger partial charge in [0.15, 0.2) is 0 Å². The summed E-state index contributed by atoms with van der Waals surface area (Å²) in [6.07, 6.45) is 7.29. The van der Waals surface area contributed by atoms with Crippen LogP contribution in [-0.2, 0) is 11.3 Å². The van der Waals surface area contributed by atoms with E-state index in [0.717, 1.165) is 25.1 Å². The van der Waals surface area contributed by atoms with Crippen molar-refractivity contribution in [3.63, 3.8) is 0 Å². The van der Waals surface area contributed by atoms with Crippen molar-refractivity contribution in [2.75, 3.05) is 13.1 Å². The molecule has 2 aromatic rings. The number of piperidine rings is 1. The minimum atomic E-state index is -0.693. The fraction of sp³-hybridized carbons (Fsp3) is 0.462. The van der Waals surface area contributed by atoms with Crippen molar-refractivity contribution >= 4 is 11.7 Å². The molecule has 0 amide bonds. The van der Waals surface area contributed by atoms with Crippen LogP contribution in [0.4, 0.5) is 0 Å². The lowest BCUT2D eigenvalue weighted by molar-refractivity contribution is -0.143. The Balaban J connectivity index is 1.72. The third-order valence-corrected chi connectivity index (χ3v) is 3.53. The van der Waals surface area contributed by atoms with Crippen molar-refractivity contribution in [3.8, 4) is 0 Å². The first-order chi connectivity index (χ1) is 9.22.